The van der Waals surface area contributed by atoms with Crippen LogP contribution in [0, 0.1) is 0 Å². The molecule has 0 radical (unpaired) electrons. The predicted octanol–water partition coefficient (Wildman–Crippen LogP) is 0.398. The maximum absolute atomic E-state index is 11.5. The van der Waals surface area contributed by atoms with Gasteiger partial charge in [-0.3, -0.25) is 4.79 Å². The summed E-state index contributed by atoms with van der Waals surface area (Å²) in [5, 5.41) is 8.97. The van der Waals surface area contributed by atoms with Crippen molar-refractivity contribution < 1.29 is 9.90 Å². The largest absolute Gasteiger partial charge is 0.511 e. The number of likely N-dealkylation sites (tertiary alicyclic amines) is 1. The van der Waals surface area contributed by atoms with Crippen molar-refractivity contribution in [3.8, 4) is 0 Å². The van der Waals surface area contributed by atoms with E-state index in [1.54, 1.807) is 4.90 Å². The molecule has 0 aromatic rings. The van der Waals surface area contributed by atoms with Crippen LogP contribution in [0.5, 0.6) is 0 Å². The summed E-state index contributed by atoms with van der Waals surface area (Å²) in [6.07, 6.45) is 2.67. The van der Waals surface area contributed by atoms with Crippen LogP contribution in [0.4, 0.5) is 0 Å². The summed E-state index contributed by atoms with van der Waals surface area (Å²) in [6, 6.07) is -0.401. The average Bonchev–Trinajstić information content (AvgIpc) is 2.19. The molecule has 1 rings (SSSR count). The van der Waals surface area contributed by atoms with Crippen LogP contribution in [0.1, 0.15) is 19.3 Å². The zero-order chi connectivity index (χ0) is 9.84. The van der Waals surface area contributed by atoms with Crippen LogP contribution in [0.3, 0.4) is 0 Å². The van der Waals surface area contributed by atoms with Crippen molar-refractivity contribution in [3.05, 3.63) is 12.3 Å². The third kappa shape index (κ3) is 2.73. The van der Waals surface area contributed by atoms with Crippen molar-refractivity contribution in [2.45, 2.75) is 25.3 Å². The maximum Gasteiger partial charge on any atom is 0.239 e. The first-order chi connectivity index (χ1) is 6.11. The van der Waals surface area contributed by atoms with Crippen molar-refractivity contribution in [1.29, 1.82) is 0 Å². The van der Waals surface area contributed by atoms with Gasteiger partial charge in [0.05, 0.1) is 12.6 Å². The van der Waals surface area contributed by atoms with Gasteiger partial charge in [0.1, 0.15) is 5.76 Å². The normalized spacial score (nSPS) is 24.2. The topological polar surface area (TPSA) is 66.6 Å². The van der Waals surface area contributed by atoms with Crippen molar-refractivity contribution in [2.75, 3.05) is 13.1 Å². The molecule has 0 saturated carbocycles. The molecule has 0 aromatic heterocycles. The molecule has 1 saturated heterocycles. The molecule has 0 bridgehead atoms. The van der Waals surface area contributed by atoms with E-state index in [1.165, 1.54) is 0 Å². The number of amides is 1. The molecule has 0 aromatic carbocycles. The number of carbonyl (C=O) groups excluding carboxylic acids is 1. The standard InChI is InChI=1S/C9H16N2O2/c1-7(12)6-11-5-3-2-4-8(10)9(11)13/h8,12H,1-6,10H2. The van der Waals surface area contributed by atoms with Gasteiger partial charge in [-0.15, -0.1) is 0 Å². The lowest BCUT2D eigenvalue weighted by molar-refractivity contribution is -0.131. The van der Waals surface area contributed by atoms with E-state index in [4.69, 9.17) is 10.8 Å². The Hall–Kier alpha value is -1.03. The summed E-state index contributed by atoms with van der Waals surface area (Å²) >= 11 is 0. The fraction of sp³-hybridized carbons (Fsp3) is 0.667. The molecule has 1 unspecified atom stereocenters. The number of aliphatic hydroxyl groups excluding tert-OH is 1. The summed E-state index contributed by atoms with van der Waals surface area (Å²) in [6.45, 7) is 4.25. The zero-order valence-corrected chi connectivity index (χ0v) is 7.70. The van der Waals surface area contributed by atoms with Crippen molar-refractivity contribution in [1.82, 2.24) is 4.90 Å². The van der Waals surface area contributed by atoms with Crippen LogP contribution in [-0.4, -0.2) is 35.0 Å². The van der Waals surface area contributed by atoms with Crippen LogP contribution in [0.2, 0.25) is 0 Å². The van der Waals surface area contributed by atoms with Gasteiger partial charge in [-0.25, -0.2) is 0 Å². The van der Waals surface area contributed by atoms with Gasteiger partial charge in [-0.2, -0.15) is 0 Å². The van der Waals surface area contributed by atoms with Crippen LogP contribution in [0.15, 0.2) is 12.3 Å². The Balaban J connectivity index is 2.59. The van der Waals surface area contributed by atoms with Crippen LogP contribution < -0.4 is 5.73 Å². The Morgan fingerprint density at radius 3 is 3.00 bits per heavy atom. The summed E-state index contributed by atoms with van der Waals surface area (Å²) in [5.74, 6) is -0.0600. The quantitative estimate of drug-likeness (QED) is 0.610. The third-order valence-corrected chi connectivity index (χ3v) is 2.20. The molecule has 4 nitrogen and oxygen atoms in total. The Morgan fingerprint density at radius 1 is 1.69 bits per heavy atom. The minimum absolute atomic E-state index is 0.0162. The average molecular weight is 184 g/mol. The lowest BCUT2D eigenvalue weighted by Gasteiger charge is -2.21. The van der Waals surface area contributed by atoms with Crippen molar-refractivity contribution in [2.24, 2.45) is 5.73 Å². The highest BCUT2D eigenvalue weighted by molar-refractivity contribution is 5.82. The van der Waals surface area contributed by atoms with Gasteiger partial charge in [-0.05, 0) is 19.3 Å². The molecule has 4 heteroatoms. The van der Waals surface area contributed by atoms with Gasteiger partial charge < -0.3 is 15.7 Å². The number of carbonyl (C=O) groups is 1. The lowest BCUT2D eigenvalue weighted by atomic mass is 10.1. The minimum Gasteiger partial charge on any atom is -0.511 e. The number of aliphatic hydroxyl groups is 1. The lowest BCUT2D eigenvalue weighted by Crippen LogP contribution is -2.43. The highest BCUT2D eigenvalue weighted by Crippen LogP contribution is 2.11. The molecule has 1 amide bonds. The van der Waals surface area contributed by atoms with E-state index < -0.39 is 6.04 Å². The molecular weight excluding hydrogens is 168 g/mol. The smallest absolute Gasteiger partial charge is 0.239 e. The molecule has 0 aliphatic carbocycles. The minimum atomic E-state index is -0.401. The molecule has 0 spiro atoms. The van der Waals surface area contributed by atoms with Crippen LogP contribution >= 0.6 is 0 Å². The summed E-state index contributed by atoms with van der Waals surface area (Å²) in [4.78, 5) is 13.1. The van der Waals surface area contributed by atoms with Crippen LogP contribution in [0.25, 0.3) is 0 Å². The molecule has 1 heterocycles. The van der Waals surface area contributed by atoms with Gasteiger partial charge in [0.2, 0.25) is 5.91 Å². The highest BCUT2D eigenvalue weighted by atomic mass is 16.3. The first-order valence-corrected chi connectivity index (χ1v) is 4.52. The van der Waals surface area contributed by atoms with E-state index in [-0.39, 0.29) is 18.2 Å². The SMILES string of the molecule is C=C(O)CN1CCCCC(N)C1=O. The Morgan fingerprint density at radius 2 is 2.38 bits per heavy atom. The Labute approximate surface area is 78.0 Å². The van der Waals surface area contributed by atoms with Crippen molar-refractivity contribution in [3.63, 3.8) is 0 Å². The van der Waals surface area contributed by atoms with Gasteiger partial charge in [0, 0.05) is 6.54 Å². The fourth-order valence-corrected chi connectivity index (χ4v) is 1.51. The van der Waals surface area contributed by atoms with Gasteiger partial charge >= 0.3 is 0 Å². The Bertz CT molecular complexity index is 216. The van der Waals surface area contributed by atoms with E-state index in [0.29, 0.717) is 6.54 Å². The van der Waals surface area contributed by atoms with Gasteiger partial charge in [-0.1, -0.05) is 6.58 Å². The second kappa shape index (κ2) is 4.28. The monoisotopic (exact) mass is 184 g/mol. The molecule has 1 atom stereocenters. The highest BCUT2D eigenvalue weighted by Gasteiger charge is 2.23. The van der Waals surface area contributed by atoms with Gasteiger partial charge in [0.15, 0.2) is 0 Å². The number of hydrogen-bond acceptors (Lipinski definition) is 3. The number of nitrogens with two attached hydrogens (primary N) is 1. The second-order valence-electron chi connectivity index (χ2n) is 3.43. The van der Waals surface area contributed by atoms with E-state index in [2.05, 4.69) is 6.58 Å². The number of nitrogens with zero attached hydrogens (tertiary/aromatic N) is 1. The summed E-state index contributed by atoms with van der Waals surface area (Å²) in [5.41, 5.74) is 5.64. The van der Waals surface area contributed by atoms with Crippen molar-refractivity contribution >= 4 is 5.91 Å². The first kappa shape index (κ1) is 10.1. The zero-order valence-electron chi connectivity index (χ0n) is 7.70. The van der Waals surface area contributed by atoms with E-state index >= 15 is 0 Å². The molecule has 1 fully saturated rings. The van der Waals surface area contributed by atoms with Crippen LogP contribution in [-0.2, 0) is 4.79 Å². The first-order valence-electron chi connectivity index (χ1n) is 4.52. The van der Waals surface area contributed by atoms with E-state index in [9.17, 15) is 4.79 Å². The molecule has 13 heavy (non-hydrogen) atoms. The molecule has 3 N–H and O–H groups in total. The predicted molar refractivity (Wildman–Crippen MR) is 50.2 cm³/mol. The van der Waals surface area contributed by atoms with E-state index in [0.717, 1.165) is 19.3 Å². The Kier molecular flexibility index (Phi) is 3.31. The summed E-state index contributed by atoms with van der Waals surface area (Å²) < 4.78 is 0. The second-order valence-corrected chi connectivity index (χ2v) is 3.43. The fourth-order valence-electron chi connectivity index (χ4n) is 1.51. The van der Waals surface area contributed by atoms with Gasteiger partial charge in [0.25, 0.3) is 0 Å². The third-order valence-electron chi connectivity index (χ3n) is 2.20. The number of hydrogen-bond donors (Lipinski definition) is 2. The molecular formula is C9H16N2O2. The molecule has 1 aliphatic rings. The molecule has 1 aliphatic heterocycles. The number of rotatable bonds is 2. The molecule has 74 valence electrons. The van der Waals surface area contributed by atoms with E-state index in [1.807, 2.05) is 0 Å². The maximum atomic E-state index is 11.5. The summed E-state index contributed by atoms with van der Waals surface area (Å²) in [7, 11) is 0.